The van der Waals surface area contributed by atoms with Crippen LogP contribution >= 0.6 is 23.4 Å². The SMILES string of the molecule is COc1ccc(C(C)NC(=O)C(C)Sc2ccc(Cl)cc2)cc1. The quantitative estimate of drug-likeness (QED) is 0.768. The number of thioether (sulfide) groups is 1. The molecule has 23 heavy (non-hydrogen) atoms. The molecule has 0 aliphatic rings. The molecule has 2 unspecified atom stereocenters. The van der Waals surface area contributed by atoms with Gasteiger partial charge in [0.05, 0.1) is 18.4 Å². The third-order valence-electron chi connectivity index (χ3n) is 3.47. The second kappa shape index (κ2) is 8.27. The maximum absolute atomic E-state index is 12.3. The molecule has 0 heterocycles. The van der Waals surface area contributed by atoms with Gasteiger partial charge in [0.2, 0.25) is 5.91 Å². The molecule has 0 fully saturated rings. The van der Waals surface area contributed by atoms with Crippen molar-refractivity contribution in [2.75, 3.05) is 7.11 Å². The first-order chi connectivity index (χ1) is 11.0. The van der Waals surface area contributed by atoms with Crippen LogP contribution < -0.4 is 10.1 Å². The van der Waals surface area contributed by atoms with Crippen LogP contribution in [0.5, 0.6) is 5.75 Å². The van der Waals surface area contributed by atoms with Gasteiger partial charge in [-0.05, 0) is 55.8 Å². The molecular formula is C18H20ClNO2S. The maximum atomic E-state index is 12.3. The minimum Gasteiger partial charge on any atom is -0.497 e. The van der Waals surface area contributed by atoms with Gasteiger partial charge in [0.25, 0.3) is 0 Å². The fourth-order valence-electron chi connectivity index (χ4n) is 2.08. The smallest absolute Gasteiger partial charge is 0.233 e. The summed E-state index contributed by atoms with van der Waals surface area (Å²) in [6.45, 7) is 3.87. The Morgan fingerprint density at radius 1 is 1.09 bits per heavy atom. The van der Waals surface area contributed by atoms with E-state index in [0.717, 1.165) is 16.2 Å². The van der Waals surface area contributed by atoms with Gasteiger partial charge in [-0.1, -0.05) is 23.7 Å². The predicted octanol–water partition coefficient (Wildman–Crippen LogP) is 4.71. The van der Waals surface area contributed by atoms with E-state index in [4.69, 9.17) is 16.3 Å². The van der Waals surface area contributed by atoms with Crippen molar-refractivity contribution >= 4 is 29.3 Å². The van der Waals surface area contributed by atoms with Crippen LogP contribution in [0, 0.1) is 0 Å². The van der Waals surface area contributed by atoms with Crippen molar-refractivity contribution in [3.63, 3.8) is 0 Å². The highest BCUT2D eigenvalue weighted by Crippen LogP contribution is 2.25. The first kappa shape index (κ1) is 17.7. The zero-order chi connectivity index (χ0) is 16.8. The van der Waals surface area contributed by atoms with Gasteiger partial charge in [0.15, 0.2) is 0 Å². The number of halogens is 1. The van der Waals surface area contributed by atoms with E-state index in [-0.39, 0.29) is 17.2 Å². The van der Waals surface area contributed by atoms with Crippen LogP contribution in [0.25, 0.3) is 0 Å². The highest BCUT2D eigenvalue weighted by Gasteiger charge is 2.17. The summed E-state index contributed by atoms with van der Waals surface area (Å²) in [5.74, 6) is 0.812. The summed E-state index contributed by atoms with van der Waals surface area (Å²) in [4.78, 5) is 13.4. The molecule has 0 aliphatic heterocycles. The lowest BCUT2D eigenvalue weighted by atomic mass is 10.1. The standard InChI is InChI=1S/C18H20ClNO2S/c1-12(14-4-8-16(22-3)9-5-14)20-18(21)13(2)23-17-10-6-15(19)7-11-17/h4-13H,1-3H3,(H,20,21). The molecule has 0 aromatic heterocycles. The molecule has 2 aromatic carbocycles. The zero-order valence-electron chi connectivity index (χ0n) is 13.4. The summed E-state index contributed by atoms with van der Waals surface area (Å²) in [5.41, 5.74) is 1.04. The van der Waals surface area contributed by atoms with Crippen LogP contribution in [-0.4, -0.2) is 18.3 Å². The Bertz CT molecular complexity index is 643. The van der Waals surface area contributed by atoms with E-state index >= 15 is 0 Å². The van der Waals surface area contributed by atoms with Crippen LogP contribution in [0.4, 0.5) is 0 Å². The third-order valence-corrected chi connectivity index (χ3v) is 4.83. The number of amides is 1. The normalized spacial score (nSPS) is 13.2. The lowest BCUT2D eigenvalue weighted by molar-refractivity contribution is -0.120. The van der Waals surface area contributed by atoms with E-state index in [0.29, 0.717) is 5.02 Å². The lowest BCUT2D eigenvalue weighted by Crippen LogP contribution is -2.33. The molecule has 0 radical (unpaired) electrons. The Kier molecular flexibility index (Phi) is 6.37. The summed E-state index contributed by atoms with van der Waals surface area (Å²) in [6.07, 6.45) is 0. The van der Waals surface area contributed by atoms with E-state index in [1.165, 1.54) is 11.8 Å². The number of hydrogen-bond donors (Lipinski definition) is 1. The van der Waals surface area contributed by atoms with Gasteiger partial charge in [0, 0.05) is 9.92 Å². The molecule has 1 N–H and O–H groups in total. The number of nitrogens with one attached hydrogen (secondary N) is 1. The molecule has 2 rings (SSSR count). The largest absolute Gasteiger partial charge is 0.497 e. The van der Waals surface area contributed by atoms with E-state index < -0.39 is 0 Å². The summed E-state index contributed by atoms with van der Waals surface area (Å²) in [6, 6.07) is 15.1. The molecule has 2 aromatic rings. The fraction of sp³-hybridized carbons (Fsp3) is 0.278. The number of hydrogen-bond acceptors (Lipinski definition) is 3. The van der Waals surface area contributed by atoms with Gasteiger partial charge in [-0.15, -0.1) is 11.8 Å². The molecule has 0 aliphatic carbocycles. The van der Waals surface area contributed by atoms with Gasteiger partial charge in [-0.3, -0.25) is 4.79 Å². The fourth-order valence-corrected chi connectivity index (χ4v) is 3.08. The van der Waals surface area contributed by atoms with Gasteiger partial charge in [0.1, 0.15) is 5.75 Å². The zero-order valence-corrected chi connectivity index (χ0v) is 14.9. The molecule has 0 spiro atoms. The third kappa shape index (κ3) is 5.19. The number of ether oxygens (including phenoxy) is 1. The van der Waals surface area contributed by atoms with Crippen molar-refractivity contribution in [3.8, 4) is 5.75 Å². The Labute approximate surface area is 146 Å². The van der Waals surface area contributed by atoms with E-state index in [1.54, 1.807) is 7.11 Å². The summed E-state index contributed by atoms with van der Waals surface area (Å²) in [5, 5.41) is 3.55. The molecule has 0 saturated heterocycles. The van der Waals surface area contributed by atoms with E-state index in [1.807, 2.05) is 62.4 Å². The van der Waals surface area contributed by atoms with E-state index in [2.05, 4.69) is 5.32 Å². The van der Waals surface area contributed by atoms with Crippen molar-refractivity contribution in [2.24, 2.45) is 0 Å². The number of methoxy groups -OCH3 is 1. The summed E-state index contributed by atoms with van der Waals surface area (Å²) >= 11 is 7.38. The molecular weight excluding hydrogens is 330 g/mol. The highest BCUT2D eigenvalue weighted by atomic mass is 35.5. The minimum absolute atomic E-state index is 0.00766. The Morgan fingerprint density at radius 2 is 1.70 bits per heavy atom. The Balaban J connectivity index is 1.92. The van der Waals surface area contributed by atoms with Crippen LogP contribution in [0.2, 0.25) is 5.02 Å². The van der Waals surface area contributed by atoms with Crippen LogP contribution in [0.1, 0.15) is 25.5 Å². The molecule has 0 bridgehead atoms. The average molecular weight is 350 g/mol. The molecule has 1 amide bonds. The Hall–Kier alpha value is -1.65. The number of rotatable bonds is 6. The number of carbonyl (C=O) groups is 1. The summed E-state index contributed by atoms with van der Waals surface area (Å²) in [7, 11) is 1.63. The monoisotopic (exact) mass is 349 g/mol. The Morgan fingerprint density at radius 3 is 2.26 bits per heavy atom. The second-order valence-corrected chi connectivity index (χ2v) is 7.07. The van der Waals surface area contributed by atoms with Crippen molar-refractivity contribution < 1.29 is 9.53 Å². The van der Waals surface area contributed by atoms with Crippen molar-refractivity contribution in [2.45, 2.75) is 30.0 Å². The first-order valence-electron chi connectivity index (χ1n) is 7.36. The lowest BCUT2D eigenvalue weighted by Gasteiger charge is -2.18. The second-order valence-electron chi connectivity index (χ2n) is 5.22. The topological polar surface area (TPSA) is 38.3 Å². The van der Waals surface area contributed by atoms with Crippen molar-refractivity contribution in [1.29, 1.82) is 0 Å². The number of benzene rings is 2. The van der Waals surface area contributed by atoms with Crippen molar-refractivity contribution in [1.82, 2.24) is 5.32 Å². The first-order valence-corrected chi connectivity index (χ1v) is 8.62. The van der Waals surface area contributed by atoms with Crippen LogP contribution in [-0.2, 0) is 4.79 Å². The van der Waals surface area contributed by atoms with Gasteiger partial charge in [-0.2, -0.15) is 0 Å². The van der Waals surface area contributed by atoms with Gasteiger partial charge in [-0.25, -0.2) is 0 Å². The van der Waals surface area contributed by atoms with Gasteiger partial charge < -0.3 is 10.1 Å². The molecule has 0 saturated carbocycles. The molecule has 3 nitrogen and oxygen atoms in total. The number of carbonyl (C=O) groups excluding carboxylic acids is 1. The molecule has 5 heteroatoms. The summed E-state index contributed by atoms with van der Waals surface area (Å²) < 4.78 is 5.14. The minimum atomic E-state index is -0.183. The predicted molar refractivity (Wildman–Crippen MR) is 96.3 cm³/mol. The highest BCUT2D eigenvalue weighted by molar-refractivity contribution is 8.00. The average Bonchev–Trinajstić information content (AvgIpc) is 2.56. The van der Waals surface area contributed by atoms with Crippen molar-refractivity contribution in [3.05, 3.63) is 59.1 Å². The molecule has 2 atom stereocenters. The molecule has 122 valence electrons. The van der Waals surface area contributed by atoms with Crippen LogP contribution in [0.3, 0.4) is 0 Å². The van der Waals surface area contributed by atoms with Gasteiger partial charge >= 0.3 is 0 Å². The van der Waals surface area contributed by atoms with Crippen LogP contribution in [0.15, 0.2) is 53.4 Å². The van der Waals surface area contributed by atoms with E-state index in [9.17, 15) is 4.79 Å². The maximum Gasteiger partial charge on any atom is 0.233 e.